The minimum absolute atomic E-state index is 0.469. The highest BCUT2D eigenvalue weighted by Gasteiger charge is 2.42. The monoisotopic (exact) mass is 363 g/mol. The smallest absolute Gasteiger partial charge is 0.423 e. The van der Waals surface area contributed by atoms with Crippen molar-refractivity contribution in [3.05, 3.63) is 63.7 Å². The van der Waals surface area contributed by atoms with Crippen LogP contribution in [-0.4, -0.2) is 17.9 Å². The van der Waals surface area contributed by atoms with Gasteiger partial charge in [-0.1, -0.05) is 29.4 Å². The van der Waals surface area contributed by atoms with Crippen LogP contribution < -0.4 is 5.46 Å². The molecule has 2 aromatic carbocycles. The van der Waals surface area contributed by atoms with Crippen LogP contribution >= 0.6 is 0 Å². The maximum atomic E-state index is 10.1. The van der Waals surface area contributed by atoms with Gasteiger partial charge in [0.1, 0.15) is 0 Å². The number of nitrogens with zero attached hydrogens (tertiary/aromatic N) is 1. The fraction of sp³-hybridized carbons (Fsp3) is 0.409. The third kappa shape index (κ3) is 2.90. The predicted molar refractivity (Wildman–Crippen MR) is 108 cm³/mol. The zero-order chi connectivity index (χ0) is 19.6. The van der Waals surface area contributed by atoms with E-state index in [9.17, 15) is 5.02 Å². The Labute approximate surface area is 161 Å². The van der Waals surface area contributed by atoms with Crippen molar-refractivity contribution >= 4 is 18.3 Å². The number of aryl methyl sites for hydroxylation is 2. The zero-order valence-electron chi connectivity index (χ0n) is 16.9. The molecule has 2 aromatic rings. The van der Waals surface area contributed by atoms with E-state index in [-0.39, 0.29) is 0 Å². The normalized spacial score (nSPS) is 23.2. The second-order valence-electron chi connectivity index (χ2n) is 8.55. The lowest BCUT2D eigenvalue weighted by atomic mass is 9.77. The van der Waals surface area contributed by atoms with Gasteiger partial charge in [-0.3, -0.25) is 0 Å². The van der Waals surface area contributed by atoms with Crippen LogP contribution in [0.3, 0.4) is 0 Å². The van der Waals surface area contributed by atoms with E-state index < -0.39 is 18.3 Å². The van der Waals surface area contributed by atoms with Gasteiger partial charge in [-0.15, -0.1) is 0 Å². The summed E-state index contributed by atoms with van der Waals surface area (Å²) in [5.74, 6) is 0. The van der Waals surface area contributed by atoms with Crippen LogP contribution in [0.4, 0.5) is 0 Å². The molecule has 4 nitrogen and oxygen atoms in total. The van der Waals surface area contributed by atoms with Crippen LogP contribution in [0.1, 0.15) is 60.6 Å². The SMILES string of the molecule is Cc1cc([C@]2(C)CC(c3ccc4c(c3)C(C)(C)OB4O)=NO2)cc(C)c1C. The predicted octanol–water partition coefficient (Wildman–Crippen LogP) is 3.60. The summed E-state index contributed by atoms with van der Waals surface area (Å²) >= 11 is 0. The lowest BCUT2D eigenvalue weighted by molar-refractivity contribution is -0.00747. The Morgan fingerprint density at radius 2 is 1.70 bits per heavy atom. The molecule has 5 heteroatoms. The molecule has 1 N–H and O–H groups in total. The second-order valence-corrected chi connectivity index (χ2v) is 8.55. The summed E-state index contributed by atoms with van der Waals surface area (Å²) in [4.78, 5) is 5.94. The number of rotatable bonds is 2. The topological polar surface area (TPSA) is 51.0 Å². The third-order valence-electron chi connectivity index (χ3n) is 6.11. The average molecular weight is 363 g/mol. The first-order chi connectivity index (χ1) is 12.6. The average Bonchev–Trinajstić information content (AvgIpc) is 3.11. The first kappa shape index (κ1) is 18.3. The second kappa shape index (κ2) is 5.95. The molecule has 0 bridgehead atoms. The molecule has 0 aliphatic carbocycles. The van der Waals surface area contributed by atoms with Crippen molar-refractivity contribution < 1.29 is 14.5 Å². The molecule has 2 aliphatic heterocycles. The molecule has 0 amide bonds. The van der Waals surface area contributed by atoms with E-state index in [1.807, 2.05) is 26.0 Å². The summed E-state index contributed by atoms with van der Waals surface area (Å²) in [6.45, 7) is 12.5. The molecule has 0 spiro atoms. The van der Waals surface area contributed by atoms with E-state index in [0.29, 0.717) is 6.42 Å². The van der Waals surface area contributed by atoms with Crippen molar-refractivity contribution in [2.75, 3.05) is 0 Å². The molecule has 0 saturated carbocycles. The number of hydrogen-bond acceptors (Lipinski definition) is 4. The maximum Gasteiger partial charge on any atom is 0.492 e. The van der Waals surface area contributed by atoms with Crippen LogP contribution in [-0.2, 0) is 20.7 Å². The van der Waals surface area contributed by atoms with Gasteiger partial charge in [0.2, 0.25) is 0 Å². The first-order valence-corrected chi connectivity index (χ1v) is 9.45. The van der Waals surface area contributed by atoms with Gasteiger partial charge in [0.15, 0.2) is 5.60 Å². The van der Waals surface area contributed by atoms with E-state index in [1.54, 1.807) is 0 Å². The highest BCUT2D eigenvalue weighted by atomic mass is 16.7. The summed E-state index contributed by atoms with van der Waals surface area (Å²) in [5.41, 5.74) is 7.81. The molecule has 0 fully saturated rings. The van der Waals surface area contributed by atoms with Crippen LogP contribution in [0.15, 0.2) is 35.5 Å². The molecular weight excluding hydrogens is 337 g/mol. The Morgan fingerprint density at radius 3 is 2.37 bits per heavy atom. The number of fused-ring (bicyclic) bond motifs is 1. The van der Waals surface area contributed by atoms with E-state index in [4.69, 9.17) is 9.49 Å². The molecule has 2 heterocycles. The van der Waals surface area contributed by atoms with Gasteiger partial charge in [0, 0.05) is 6.42 Å². The maximum absolute atomic E-state index is 10.1. The van der Waals surface area contributed by atoms with Gasteiger partial charge in [0.25, 0.3) is 0 Å². The molecule has 2 aliphatic rings. The summed E-state index contributed by atoms with van der Waals surface area (Å²) in [6, 6.07) is 10.4. The highest BCUT2D eigenvalue weighted by molar-refractivity contribution is 6.62. The molecule has 4 rings (SSSR count). The molecular formula is C22H26BNO3. The standard InChI is InChI=1S/C22H26BNO3/c1-13-9-17(10-14(2)15(13)3)22(6)12-20(24-27-22)16-7-8-19-18(11-16)21(4,5)26-23(19)25/h7-11,25H,12H2,1-6H3/t22-/m0/s1. The number of benzene rings is 2. The van der Waals surface area contributed by atoms with Crippen molar-refractivity contribution in [2.45, 2.75) is 59.2 Å². The van der Waals surface area contributed by atoms with Gasteiger partial charge < -0.3 is 14.5 Å². The molecule has 27 heavy (non-hydrogen) atoms. The molecule has 0 unspecified atom stereocenters. The largest absolute Gasteiger partial charge is 0.492 e. The van der Waals surface area contributed by atoms with Gasteiger partial charge in [-0.2, -0.15) is 0 Å². The zero-order valence-corrected chi connectivity index (χ0v) is 16.9. The van der Waals surface area contributed by atoms with Crippen LogP contribution in [0, 0.1) is 20.8 Å². The third-order valence-corrected chi connectivity index (χ3v) is 6.11. The summed E-state index contributed by atoms with van der Waals surface area (Å²) in [7, 11) is -0.866. The van der Waals surface area contributed by atoms with Crippen molar-refractivity contribution in [2.24, 2.45) is 5.16 Å². The Kier molecular flexibility index (Phi) is 4.02. The van der Waals surface area contributed by atoms with E-state index in [2.05, 4.69) is 51.0 Å². The fourth-order valence-corrected chi connectivity index (χ4v) is 4.07. The van der Waals surface area contributed by atoms with Gasteiger partial charge in [-0.05, 0) is 86.5 Å². The lowest BCUT2D eigenvalue weighted by Gasteiger charge is -2.24. The minimum Gasteiger partial charge on any atom is -0.423 e. The lowest BCUT2D eigenvalue weighted by Crippen LogP contribution is -2.28. The summed E-state index contributed by atoms with van der Waals surface area (Å²) in [6.07, 6.45) is 0.706. The molecule has 1 atom stereocenters. The van der Waals surface area contributed by atoms with E-state index in [1.165, 1.54) is 16.7 Å². The summed E-state index contributed by atoms with van der Waals surface area (Å²) < 4.78 is 5.67. The molecule has 0 saturated heterocycles. The Hall–Kier alpha value is -2.11. The minimum atomic E-state index is -0.866. The molecule has 140 valence electrons. The quantitative estimate of drug-likeness (QED) is 0.830. The van der Waals surface area contributed by atoms with Crippen molar-refractivity contribution in [1.82, 2.24) is 0 Å². The molecule has 0 aromatic heterocycles. The van der Waals surface area contributed by atoms with Gasteiger partial charge in [-0.25, -0.2) is 0 Å². The van der Waals surface area contributed by atoms with Gasteiger partial charge >= 0.3 is 7.12 Å². The van der Waals surface area contributed by atoms with Crippen LogP contribution in [0.25, 0.3) is 0 Å². The number of oxime groups is 1. The van der Waals surface area contributed by atoms with Crippen molar-refractivity contribution in [3.63, 3.8) is 0 Å². The molecule has 0 radical (unpaired) electrons. The van der Waals surface area contributed by atoms with Crippen LogP contribution in [0.2, 0.25) is 0 Å². The first-order valence-electron chi connectivity index (χ1n) is 9.45. The summed E-state index contributed by atoms with van der Waals surface area (Å²) in [5, 5.41) is 14.5. The van der Waals surface area contributed by atoms with E-state index in [0.717, 1.165) is 27.9 Å². The Balaban J connectivity index is 1.66. The van der Waals surface area contributed by atoms with E-state index >= 15 is 0 Å². The van der Waals surface area contributed by atoms with Crippen LogP contribution in [0.5, 0.6) is 0 Å². The highest BCUT2D eigenvalue weighted by Crippen LogP contribution is 2.38. The fourth-order valence-electron chi connectivity index (χ4n) is 4.07. The Morgan fingerprint density at radius 1 is 1.04 bits per heavy atom. The van der Waals surface area contributed by atoms with Crippen molar-refractivity contribution in [1.29, 1.82) is 0 Å². The van der Waals surface area contributed by atoms with Gasteiger partial charge in [0.05, 0.1) is 11.3 Å². The Bertz CT molecular complexity index is 943. The van der Waals surface area contributed by atoms with Crippen molar-refractivity contribution in [3.8, 4) is 0 Å². The number of hydrogen-bond donors (Lipinski definition) is 1.